The minimum absolute atomic E-state index is 0.138. The van der Waals surface area contributed by atoms with Crippen molar-refractivity contribution in [1.82, 2.24) is 0 Å². The van der Waals surface area contributed by atoms with Crippen molar-refractivity contribution in [3.05, 3.63) is 53.6 Å². The average Bonchev–Trinajstić information content (AvgIpc) is 2.55. The van der Waals surface area contributed by atoms with Crippen molar-refractivity contribution in [3.63, 3.8) is 0 Å². The lowest BCUT2D eigenvalue weighted by Crippen LogP contribution is -2.32. The van der Waals surface area contributed by atoms with Crippen molar-refractivity contribution in [2.45, 2.75) is 63.9 Å². The van der Waals surface area contributed by atoms with Crippen molar-refractivity contribution in [3.8, 4) is 5.75 Å². The fourth-order valence-corrected chi connectivity index (χ4v) is 4.31. The van der Waals surface area contributed by atoms with Crippen LogP contribution < -0.4 is 0 Å². The molecule has 1 unspecified atom stereocenters. The van der Waals surface area contributed by atoms with Crippen LogP contribution in [0.1, 0.15) is 58.4 Å². The number of aliphatic hydroxyl groups is 1. The number of phenols is 1. The molecule has 1 atom stereocenters. The van der Waals surface area contributed by atoms with Gasteiger partial charge in [0.25, 0.3) is 0 Å². The van der Waals surface area contributed by atoms with Gasteiger partial charge in [-0.15, -0.1) is 0 Å². The van der Waals surface area contributed by atoms with E-state index in [2.05, 4.69) is 38.1 Å². The summed E-state index contributed by atoms with van der Waals surface area (Å²) in [6, 6.07) is 7.73. The third kappa shape index (κ3) is 3.59. The molecule has 1 saturated carbocycles. The topological polar surface area (TPSA) is 40.5 Å². The number of allylic oxidation sites excluding steroid dienone is 2. The van der Waals surface area contributed by atoms with Gasteiger partial charge in [-0.3, -0.25) is 0 Å². The van der Waals surface area contributed by atoms with E-state index < -0.39 is 5.60 Å². The first-order valence-corrected chi connectivity index (χ1v) is 9.19. The Hall–Kier alpha value is -1.54. The summed E-state index contributed by atoms with van der Waals surface area (Å²) in [5, 5.41) is 19.6. The number of benzene rings is 1. The summed E-state index contributed by atoms with van der Waals surface area (Å²) in [5.74, 6) is 1.66. The Morgan fingerprint density at radius 1 is 1.04 bits per heavy atom. The maximum atomic E-state index is 10.0. The summed E-state index contributed by atoms with van der Waals surface area (Å²) in [6.07, 6.45) is 12.0. The fraction of sp³-hybridized carbons (Fsp3) is 0.545. The standard InChI is InChI=1S/C22H30O2/c1-21(2,19-8-10-20(23)11-9-19)18-6-4-16(5-7-18)17-12-14-22(3,24)15-13-17/h8-14,16,18,23-24H,4-7,15H2,1-3H3. The van der Waals surface area contributed by atoms with E-state index in [4.69, 9.17) is 0 Å². The van der Waals surface area contributed by atoms with Crippen LogP contribution in [0.2, 0.25) is 0 Å². The molecular formula is C22H30O2. The molecule has 1 aromatic carbocycles. The Bertz CT molecular complexity index is 626. The lowest BCUT2D eigenvalue weighted by molar-refractivity contribution is 0.112. The molecule has 3 rings (SSSR count). The van der Waals surface area contributed by atoms with Crippen molar-refractivity contribution < 1.29 is 10.2 Å². The highest BCUT2D eigenvalue weighted by Gasteiger charge is 2.35. The van der Waals surface area contributed by atoms with Gasteiger partial charge in [-0.2, -0.15) is 0 Å². The van der Waals surface area contributed by atoms with E-state index in [0.29, 0.717) is 17.6 Å². The zero-order valence-electron chi connectivity index (χ0n) is 15.1. The van der Waals surface area contributed by atoms with Gasteiger partial charge in [-0.05, 0) is 79.5 Å². The van der Waals surface area contributed by atoms with E-state index in [0.717, 1.165) is 6.42 Å². The maximum Gasteiger partial charge on any atom is 0.115 e. The molecule has 130 valence electrons. The summed E-state index contributed by atoms with van der Waals surface area (Å²) in [7, 11) is 0. The van der Waals surface area contributed by atoms with Crippen LogP contribution >= 0.6 is 0 Å². The molecule has 0 spiro atoms. The molecule has 2 N–H and O–H groups in total. The second-order valence-electron chi connectivity index (χ2n) is 8.42. The van der Waals surface area contributed by atoms with E-state index in [1.165, 1.54) is 36.8 Å². The lowest BCUT2D eigenvalue weighted by atomic mass is 9.64. The molecular weight excluding hydrogens is 296 g/mol. The van der Waals surface area contributed by atoms with Crippen LogP contribution in [0.5, 0.6) is 5.75 Å². The first-order chi connectivity index (χ1) is 11.3. The van der Waals surface area contributed by atoms with Crippen LogP contribution in [0.15, 0.2) is 48.1 Å². The smallest absolute Gasteiger partial charge is 0.115 e. The van der Waals surface area contributed by atoms with E-state index >= 15 is 0 Å². The molecule has 0 heterocycles. The Morgan fingerprint density at radius 2 is 1.67 bits per heavy atom. The van der Waals surface area contributed by atoms with Gasteiger partial charge in [0, 0.05) is 0 Å². The molecule has 2 aliphatic carbocycles. The summed E-state index contributed by atoms with van der Waals surface area (Å²) in [4.78, 5) is 0. The molecule has 1 fully saturated rings. The van der Waals surface area contributed by atoms with Gasteiger partial charge in [0.1, 0.15) is 5.75 Å². The first-order valence-electron chi connectivity index (χ1n) is 9.19. The molecule has 0 aromatic heterocycles. The summed E-state index contributed by atoms with van der Waals surface area (Å²) in [6.45, 7) is 6.54. The Balaban J connectivity index is 1.64. The maximum absolute atomic E-state index is 10.0. The molecule has 0 amide bonds. The third-order valence-electron chi connectivity index (χ3n) is 6.22. The molecule has 0 saturated heterocycles. The van der Waals surface area contributed by atoms with Crippen molar-refractivity contribution in [2.24, 2.45) is 11.8 Å². The van der Waals surface area contributed by atoms with Gasteiger partial charge in [-0.25, -0.2) is 0 Å². The highest BCUT2D eigenvalue weighted by molar-refractivity contribution is 5.32. The summed E-state index contributed by atoms with van der Waals surface area (Å²) in [5.41, 5.74) is 2.21. The van der Waals surface area contributed by atoms with Gasteiger partial charge in [0.2, 0.25) is 0 Å². The molecule has 24 heavy (non-hydrogen) atoms. The van der Waals surface area contributed by atoms with Crippen molar-refractivity contribution in [1.29, 1.82) is 0 Å². The number of rotatable bonds is 3. The van der Waals surface area contributed by atoms with Crippen LogP contribution in [0.3, 0.4) is 0 Å². The average molecular weight is 326 g/mol. The predicted octanol–water partition coefficient (Wildman–Crippen LogP) is 5.11. The SMILES string of the molecule is CC1(O)C=CC(C2CCC(C(C)(C)c3ccc(O)cc3)CC2)=CC1. The van der Waals surface area contributed by atoms with Crippen LogP contribution in [0.25, 0.3) is 0 Å². The molecule has 0 bridgehead atoms. The van der Waals surface area contributed by atoms with E-state index in [-0.39, 0.29) is 5.41 Å². The van der Waals surface area contributed by atoms with Crippen LogP contribution in [-0.4, -0.2) is 15.8 Å². The van der Waals surface area contributed by atoms with Gasteiger partial charge < -0.3 is 10.2 Å². The second-order valence-corrected chi connectivity index (χ2v) is 8.42. The molecule has 2 heteroatoms. The van der Waals surface area contributed by atoms with Crippen LogP contribution in [-0.2, 0) is 5.41 Å². The predicted molar refractivity (Wildman–Crippen MR) is 99.0 cm³/mol. The number of hydrogen-bond donors (Lipinski definition) is 2. The van der Waals surface area contributed by atoms with Crippen LogP contribution in [0, 0.1) is 11.8 Å². The van der Waals surface area contributed by atoms with Gasteiger partial charge >= 0.3 is 0 Å². The quantitative estimate of drug-likeness (QED) is 0.810. The molecule has 0 radical (unpaired) electrons. The van der Waals surface area contributed by atoms with E-state index in [9.17, 15) is 10.2 Å². The summed E-state index contributed by atoms with van der Waals surface area (Å²) < 4.78 is 0. The number of aromatic hydroxyl groups is 1. The molecule has 2 aliphatic rings. The molecule has 0 aliphatic heterocycles. The second kappa shape index (κ2) is 6.40. The van der Waals surface area contributed by atoms with Gasteiger partial charge in [-0.1, -0.05) is 44.2 Å². The number of phenolic OH excluding ortho intramolecular Hbond substituents is 1. The normalized spacial score (nSPS) is 30.9. The fourth-order valence-electron chi connectivity index (χ4n) is 4.31. The van der Waals surface area contributed by atoms with Crippen molar-refractivity contribution >= 4 is 0 Å². The van der Waals surface area contributed by atoms with E-state index in [1.54, 1.807) is 12.1 Å². The van der Waals surface area contributed by atoms with E-state index in [1.807, 2.05) is 13.0 Å². The Kier molecular flexibility index (Phi) is 4.61. The molecule has 1 aromatic rings. The zero-order valence-corrected chi connectivity index (χ0v) is 15.1. The van der Waals surface area contributed by atoms with Crippen molar-refractivity contribution in [2.75, 3.05) is 0 Å². The Labute approximate surface area is 145 Å². The third-order valence-corrected chi connectivity index (χ3v) is 6.22. The summed E-state index contributed by atoms with van der Waals surface area (Å²) >= 11 is 0. The van der Waals surface area contributed by atoms with Crippen LogP contribution in [0.4, 0.5) is 0 Å². The monoisotopic (exact) mass is 326 g/mol. The Morgan fingerprint density at radius 3 is 2.21 bits per heavy atom. The highest BCUT2D eigenvalue weighted by atomic mass is 16.3. The largest absolute Gasteiger partial charge is 0.508 e. The van der Waals surface area contributed by atoms with Gasteiger partial charge in [0.05, 0.1) is 5.60 Å². The minimum Gasteiger partial charge on any atom is -0.508 e. The molecule has 2 nitrogen and oxygen atoms in total. The lowest BCUT2D eigenvalue weighted by Gasteiger charge is -2.40. The zero-order chi connectivity index (χ0) is 17.4. The first kappa shape index (κ1) is 17.3. The number of hydrogen-bond acceptors (Lipinski definition) is 2. The highest BCUT2D eigenvalue weighted by Crippen LogP contribution is 2.44. The van der Waals surface area contributed by atoms with Gasteiger partial charge in [0.15, 0.2) is 0 Å². The minimum atomic E-state index is -0.665.